The van der Waals surface area contributed by atoms with Gasteiger partial charge in [0.05, 0.1) is 12.1 Å². The van der Waals surface area contributed by atoms with Crippen LogP contribution in [0.15, 0.2) is 42.5 Å². The first-order valence-corrected chi connectivity index (χ1v) is 10.2. The molecule has 1 saturated heterocycles. The molecule has 1 aliphatic rings. The van der Waals surface area contributed by atoms with Crippen LogP contribution in [-0.2, 0) is 11.3 Å². The lowest BCUT2D eigenvalue weighted by Gasteiger charge is -2.23. The average molecular weight is 432 g/mol. The van der Waals surface area contributed by atoms with Crippen molar-refractivity contribution in [1.82, 2.24) is 9.80 Å². The Morgan fingerprint density at radius 2 is 1.87 bits per heavy atom. The summed E-state index contributed by atoms with van der Waals surface area (Å²) < 4.78 is 10.6. The fourth-order valence-corrected chi connectivity index (χ4v) is 3.75. The third-order valence-electron chi connectivity index (χ3n) is 4.96. The number of benzene rings is 2. The van der Waals surface area contributed by atoms with E-state index in [1.165, 1.54) is 18.7 Å². The topological polar surface area (TPSA) is 85.1 Å². The zero-order chi connectivity index (χ0) is 21.5. The van der Waals surface area contributed by atoms with Crippen LogP contribution < -0.4 is 15.2 Å². The first-order chi connectivity index (χ1) is 14.5. The number of methoxy groups -OCH3 is 1. The number of carbonyl (C=O) groups is 2. The standard InChI is InChI=1S/C22H26ClN3O4/c1-29-19-13-17(12-18(23)21(19)30-15-20(24)27)22(28)26-9-5-8-25(10-11-26)14-16-6-3-2-4-7-16/h2-4,6-7,12-13H,5,8-11,14-15H2,1H3,(H2,24,27). The predicted molar refractivity (Wildman–Crippen MR) is 115 cm³/mol. The van der Waals surface area contributed by atoms with Crippen molar-refractivity contribution >= 4 is 23.4 Å². The lowest BCUT2D eigenvalue weighted by Crippen LogP contribution is -2.35. The average Bonchev–Trinajstić information content (AvgIpc) is 2.98. The molecule has 160 valence electrons. The zero-order valence-electron chi connectivity index (χ0n) is 17.0. The van der Waals surface area contributed by atoms with Gasteiger partial charge in [-0.15, -0.1) is 0 Å². The Labute approximate surface area is 181 Å². The van der Waals surface area contributed by atoms with Crippen LogP contribution in [0.1, 0.15) is 22.3 Å². The van der Waals surface area contributed by atoms with E-state index in [4.69, 9.17) is 26.8 Å². The molecular formula is C22H26ClN3O4. The molecular weight excluding hydrogens is 406 g/mol. The maximum Gasteiger partial charge on any atom is 0.255 e. The maximum atomic E-state index is 13.1. The summed E-state index contributed by atoms with van der Waals surface area (Å²) in [6.45, 7) is 3.57. The second-order valence-electron chi connectivity index (χ2n) is 7.15. The third-order valence-corrected chi connectivity index (χ3v) is 5.24. The maximum absolute atomic E-state index is 13.1. The van der Waals surface area contributed by atoms with Gasteiger partial charge in [0.1, 0.15) is 0 Å². The first-order valence-electron chi connectivity index (χ1n) is 9.82. The van der Waals surface area contributed by atoms with E-state index in [1.54, 1.807) is 6.07 Å². The van der Waals surface area contributed by atoms with E-state index >= 15 is 0 Å². The molecule has 2 aromatic carbocycles. The molecule has 0 radical (unpaired) electrons. The van der Waals surface area contributed by atoms with Crippen molar-refractivity contribution in [2.75, 3.05) is 39.9 Å². The third kappa shape index (κ3) is 5.64. The fourth-order valence-electron chi connectivity index (χ4n) is 3.48. The van der Waals surface area contributed by atoms with Gasteiger partial charge >= 0.3 is 0 Å². The summed E-state index contributed by atoms with van der Waals surface area (Å²) in [4.78, 5) is 28.3. The molecule has 8 heteroatoms. The van der Waals surface area contributed by atoms with Crippen molar-refractivity contribution in [2.24, 2.45) is 5.73 Å². The van der Waals surface area contributed by atoms with Gasteiger partial charge in [-0.3, -0.25) is 14.5 Å². The highest BCUT2D eigenvalue weighted by atomic mass is 35.5. The number of hydrogen-bond donors (Lipinski definition) is 1. The van der Waals surface area contributed by atoms with Crippen molar-refractivity contribution in [3.8, 4) is 11.5 Å². The molecule has 1 heterocycles. The Kier molecular flexibility index (Phi) is 7.54. The van der Waals surface area contributed by atoms with Gasteiger partial charge in [0.15, 0.2) is 18.1 Å². The van der Waals surface area contributed by atoms with Crippen LogP contribution in [0.4, 0.5) is 0 Å². The Hall–Kier alpha value is -2.77. The number of ether oxygens (including phenoxy) is 2. The fraction of sp³-hybridized carbons (Fsp3) is 0.364. The van der Waals surface area contributed by atoms with Gasteiger partial charge in [-0.05, 0) is 24.1 Å². The minimum Gasteiger partial charge on any atom is -0.493 e. The minimum absolute atomic E-state index is 0.113. The van der Waals surface area contributed by atoms with E-state index in [2.05, 4.69) is 17.0 Å². The summed E-state index contributed by atoms with van der Waals surface area (Å²) in [5.41, 5.74) is 6.80. The van der Waals surface area contributed by atoms with Gasteiger partial charge in [0.2, 0.25) is 0 Å². The van der Waals surface area contributed by atoms with Crippen molar-refractivity contribution in [3.05, 3.63) is 58.6 Å². The van der Waals surface area contributed by atoms with Crippen LogP contribution in [0, 0.1) is 0 Å². The van der Waals surface area contributed by atoms with E-state index in [-0.39, 0.29) is 29.0 Å². The summed E-state index contributed by atoms with van der Waals surface area (Å²) in [6.07, 6.45) is 0.892. The Morgan fingerprint density at radius 3 is 2.57 bits per heavy atom. The van der Waals surface area contributed by atoms with Crippen LogP contribution in [-0.4, -0.2) is 61.5 Å². The minimum atomic E-state index is -0.627. The molecule has 1 aliphatic heterocycles. The number of rotatable bonds is 7. The highest BCUT2D eigenvalue weighted by molar-refractivity contribution is 6.32. The number of hydrogen-bond acceptors (Lipinski definition) is 5. The molecule has 0 unspecified atom stereocenters. The molecule has 30 heavy (non-hydrogen) atoms. The number of carbonyl (C=O) groups excluding carboxylic acids is 2. The second-order valence-corrected chi connectivity index (χ2v) is 7.56. The van der Waals surface area contributed by atoms with Gasteiger partial charge in [0, 0.05) is 38.3 Å². The molecule has 0 aliphatic carbocycles. The Balaban J connectivity index is 1.68. The van der Waals surface area contributed by atoms with Gasteiger partial charge in [-0.1, -0.05) is 41.9 Å². The van der Waals surface area contributed by atoms with Crippen LogP contribution in [0.2, 0.25) is 5.02 Å². The van der Waals surface area contributed by atoms with E-state index in [9.17, 15) is 9.59 Å². The summed E-state index contributed by atoms with van der Waals surface area (Å²) >= 11 is 6.29. The number of halogens is 1. The molecule has 0 bridgehead atoms. The predicted octanol–water partition coefficient (Wildman–Crippen LogP) is 2.56. The molecule has 0 spiro atoms. The van der Waals surface area contributed by atoms with Gasteiger partial charge in [-0.25, -0.2) is 0 Å². The summed E-state index contributed by atoms with van der Waals surface area (Å²) in [6, 6.07) is 13.4. The summed E-state index contributed by atoms with van der Waals surface area (Å²) in [7, 11) is 1.45. The van der Waals surface area contributed by atoms with Crippen LogP contribution in [0.3, 0.4) is 0 Å². The molecule has 2 amide bonds. The smallest absolute Gasteiger partial charge is 0.255 e. The number of nitrogens with zero attached hydrogens (tertiary/aromatic N) is 2. The largest absolute Gasteiger partial charge is 0.493 e. The van der Waals surface area contributed by atoms with Gasteiger partial charge in [0.25, 0.3) is 11.8 Å². The molecule has 2 aromatic rings. The van der Waals surface area contributed by atoms with Gasteiger partial charge in [-0.2, -0.15) is 0 Å². The van der Waals surface area contributed by atoms with Crippen molar-refractivity contribution in [1.29, 1.82) is 0 Å². The lowest BCUT2D eigenvalue weighted by molar-refractivity contribution is -0.119. The second kappa shape index (κ2) is 10.3. The van der Waals surface area contributed by atoms with E-state index in [0.717, 1.165) is 26.1 Å². The Morgan fingerprint density at radius 1 is 1.10 bits per heavy atom. The molecule has 3 rings (SSSR count). The molecule has 0 saturated carbocycles. The molecule has 0 aromatic heterocycles. The quantitative estimate of drug-likeness (QED) is 0.728. The zero-order valence-corrected chi connectivity index (χ0v) is 17.7. The highest BCUT2D eigenvalue weighted by Gasteiger charge is 2.23. The summed E-state index contributed by atoms with van der Waals surface area (Å²) in [5.74, 6) is -0.261. The van der Waals surface area contributed by atoms with E-state index < -0.39 is 5.91 Å². The van der Waals surface area contributed by atoms with Crippen LogP contribution in [0.5, 0.6) is 11.5 Å². The van der Waals surface area contributed by atoms with E-state index in [1.807, 2.05) is 23.1 Å². The lowest BCUT2D eigenvalue weighted by atomic mass is 10.1. The van der Waals surface area contributed by atoms with Crippen LogP contribution in [0.25, 0.3) is 0 Å². The Bertz CT molecular complexity index is 891. The number of primary amides is 1. The number of nitrogens with two attached hydrogens (primary N) is 1. The number of amides is 2. The molecule has 1 fully saturated rings. The monoisotopic (exact) mass is 431 g/mol. The molecule has 0 atom stereocenters. The van der Waals surface area contributed by atoms with Crippen LogP contribution >= 0.6 is 11.6 Å². The summed E-state index contributed by atoms with van der Waals surface area (Å²) in [5, 5.41) is 0.194. The molecule has 7 nitrogen and oxygen atoms in total. The van der Waals surface area contributed by atoms with Crippen molar-refractivity contribution in [2.45, 2.75) is 13.0 Å². The van der Waals surface area contributed by atoms with Crippen molar-refractivity contribution in [3.63, 3.8) is 0 Å². The van der Waals surface area contributed by atoms with E-state index in [0.29, 0.717) is 18.7 Å². The SMILES string of the molecule is COc1cc(C(=O)N2CCCN(Cc3ccccc3)CC2)cc(Cl)c1OCC(N)=O. The molecule has 2 N–H and O–H groups in total. The highest BCUT2D eigenvalue weighted by Crippen LogP contribution is 2.36. The normalized spacial score (nSPS) is 14.8. The van der Waals surface area contributed by atoms with Crippen molar-refractivity contribution < 1.29 is 19.1 Å². The van der Waals surface area contributed by atoms with Gasteiger partial charge < -0.3 is 20.1 Å². The first kappa shape index (κ1) is 21.9.